The number of nitrogens with one attached hydrogen (secondary N) is 1. The van der Waals surface area contributed by atoms with Crippen LogP contribution in [0.15, 0.2) is 73.1 Å². The van der Waals surface area contributed by atoms with Crippen LogP contribution in [0, 0.1) is 5.82 Å². The molecule has 0 aliphatic heterocycles. The van der Waals surface area contributed by atoms with Crippen LogP contribution in [0.2, 0.25) is 0 Å². The van der Waals surface area contributed by atoms with E-state index in [-0.39, 0.29) is 11.3 Å². The van der Waals surface area contributed by atoms with Gasteiger partial charge in [-0.3, -0.25) is 9.78 Å². The highest BCUT2D eigenvalue weighted by molar-refractivity contribution is 6.04. The Morgan fingerprint density at radius 2 is 1.38 bits per heavy atom. The Hall–Kier alpha value is -3.96. The number of nitrogens with zero attached hydrogens (tertiary/aromatic N) is 1. The van der Waals surface area contributed by atoms with Gasteiger partial charge in [0.15, 0.2) is 0 Å². The summed E-state index contributed by atoms with van der Waals surface area (Å²) in [5, 5.41) is 2.30. The van der Waals surface area contributed by atoms with Crippen LogP contribution in [0.5, 0.6) is 0 Å². The first-order valence-corrected chi connectivity index (χ1v) is 9.29. The molecular formula is C22H13F7N2O3. The molecule has 12 heteroatoms. The van der Waals surface area contributed by atoms with Crippen LogP contribution < -0.4 is 5.32 Å². The quantitative estimate of drug-likeness (QED) is 0.374. The van der Waals surface area contributed by atoms with Crippen molar-refractivity contribution in [1.82, 2.24) is 4.98 Å². The molecule has 3 rings (SSSR count). The number of anilines is 1. The predicted molar refractivity (Wildman–Crippen MR) is 104 cm³/mol. The lowest BCUT2D eigenvalue weighted by Gasteiger charge is -2.36. The molecule has 0 saturated heterocycles. The van der Waals surface area contributed by atoms with Crippen molar-refractivity contribution in [3.63, 3.8) is 0 Å². The fourth-order valence-electron chi connectivity index (χ4n) is 2.94. The van der Waals surface area contributed by atoms with Gasteiger partial charge in [-0.25, -0.2) is 9.18 Å². The van der Waals surface area contributed by atoms with Crippen LogP contribution in [0.1, 0.15) is 26.3 Å². The molecule has 0 aliphatic carbocycles. The summed E-state index contributed by atoms with van der Waals surface area (Å²) in [7, 11) is 0. The molecule has 0 bridgehead atoms. The second-order valence-corrected chi connectivity index (χ2v) is 6.85. The molecule has 1 amide bonds. The van der Waals surface area contributed by atoms with Gasteiger partial charge in [-0.15, -0.1) is 0 Å². The summed E-state index contributed by atoms with van der Waals surface area (Å²) in [6.07, 6.45) is -9.65. The Bertz CT molecular complexity index is 1150. The monoisotopic (exact) mass is 486 g/mol. The second kappa shape index (κ2) is 9.12. The minimum Gasteiger partial charge on any atom is -0.431 e. The molecule has 0 fully saturated rings. The van der Waals surface area contributed by atoms with Crippen LogP contribution >= 0.6 is 0 Å². The number of carbonyl (C=O) groups is 2. The van der Waals surface area contributed by atoms with Gasteiger partial charge in [-0.2, -0.15) is 26.3 Å². The number of hydrogen-bond acceptors (Lipinski definition) is 4. The third-order valence-corrected chi connectivity index (χ3v) is 4.60. The van der Waals surface area contributed by atoms with Crippen LogP contribution in [-0.4, -0.2) is 29.2 Å². The number of ether oxygens (including phenoxy) is 1. The zero-order valence-corrected chi connectivity index (χ0v) is 16.7. The van der Waals surface area contributed by atoms with Crippen molar-refractivity contribution < 1.29 is 45.1 Å². The van der Waals surface area contributed by atoms with Gasteiger partial charge in [0.1, 0.15) is 5.82 Å². The lowest BCUT2D eigenvalue weighted by molar-refractivity contribution is -0.373. The maximum Gasteiger partial charge on any atom is 0.442 e. The van der Waals surface area contributed by atoms with Gasteiger partial charge in [-0.05, 0) is 48.5 Å². The molecule has 5 nitrogen and oxygen atoms in total. The lowest BCUT2D eigenvalue weighted by atomic mass is 9.91. The normalized spacial score (nSPS) is 12.2. The largest absolute Gasteiger partial charge is 0.442 e. The summed E-state index contributed by atoms with van der Waals surface area (Å²) in [6.45, 7) is 0. The van der Waals surface area contributed by atoms with Crippen LogP contribution in [0.3, 0.4) is 0 Å². The summed E-state index contributed by atoms with van der Waals surface area (Å²) in [4.78, 5) is 28.1. The van der Waals surface area contributed by atoms with Gasteiger partial charge >= 0.3 is 23.9 Å². The van der Waals surface area contributed by atoms with Gasteiger partial charge in [0.25, 0.3) is 5.91 Å². The van der Waals surface area contributed by atoms with E-state index in [4.69, 9.17) is 0 Å². The van der Waals surface area contributed by atoms with E-state index in [1.54, 1.807) is 0 Å². The molecule has 1 N–H and O–H groups in total. The molecule has 0 aliphatic rings. The number of pyridine rings is 1. The zero-order chi connectivity index (χ0) is 25.1. The second-order valence-electron chi connectivity index (χ2n) is 6.85. The Kier molecular flexibility index (Phi) is 6.62. The van der Waals surface area contributed by atoms with E-state index in [1.165, 1.54) is 24.5 Å². The summed E-state index contributed by atoms with van der Waals surface area (Å²) < 4.78 is 100. The fraction of sp³-hybridized carbons (Fsp3) is 0.136. The number of aromatic nitrogens is 1. The topological polar surface area (TPSA) is 68.3 Å². The molecular weight excluding hydrogens is 473 g/mol. The molecule has 1 heterocycles. The van der Waals surface area contributed by atoms with E-state index >= 15 is 0 Å². The molecule has 0 spiro atoms. The average molecular weight is 486 g/mol. The van der Waals surface area contributed by atoms with Crippen molar-refractivity contribution in [2.75, 3.05) is 5.32 Å². The van der Waals surface area contributed by atoms with Crippen molar-refractivity contribution in [3.8, 4) is 0 Å². The third kappa shape index (κ3) is 4.85. The first-order valence-electron chi connectivity index (χ1n) is 9.29. The standard InChI is InChI=1S/C22H13F7N2O3/c23-16-7-3-13(4-8-16)19(33)34-20(21(24,25)26,22(27,28)29)15-5-9-17(10-6-15)31-18(32)14-2-1-11-30-12-14/h1-12H,(H,31,32). The molecule has 0 radical (unpaired) electrons. The van der Waals surface area contributed by atoms with E-state index in [2.05, 4.69) is 15.0 Å². The van der Waals surface area contributed by atoms with E-state index in [1.807, 2.05) is 0 Å². The summed E-state index contributed by atoms with van der Waals surface area (Å²) in [6, 6.07) is 8.02. The number of carbonyl (C=O) groups excluding carboxylic acids is 2. The SMILES string of the molecule is O=C(Nc1ccc(C(OC(=O)c2ccc(F)cc2)(C(F)(F)F)C(F)(F)F)cc1)c1cccnc1. The predicted octanol–water partition coefficient (Wildman–Crippen LogP) is 5.65. The van der Waals surface area contributed by atoms with Gasteiger partial charge in [0.05, 0.1) is 11.1 Å². The Balaban J connectivity index is 1.98. The Morgan fingerprint density at radius 3 is 1.88 bits per heavy atom. The van der Waals surface area contributed by atoms with Gasteiger partial charge < -0.3 is 10.1 Å². The maximum absolute atomic E-state index is 13.9. The molecule has 178 valence electrons. The highest BCUT2D eigenvalue weighted by Gasteiger charge is 2.75. The zero-order valence-electron chi connectivity index (χ0n) is 16.7. The van der Waals surface area contributed by atoms with Crippen molar-refractivity contribution in [2.24, 2.45) is 0 Å². The van der Waals surface area contributed by atoms with E-state index < -0.39 is 46.8 Å². The van der Waals surface area contributed by atoms with Crippen molar-refractivity contribution in [2.45, 2.75) is 18.0 Å². The van der Waals surface area contributed by atoms with Crippen LogP contribution in [0.4, 0.5) is 36.4 Å². The summed E-state index contributed by atoms with van der Waals surface area (Å²) in [5.41, 5.74) is -7.24. The summed E-state index contributed by atoms with van der Waals surface area (Å²) >= 11 is 0. The van der Waals surface area contributed by atoms with Gasteiger partial charge in [-0.1, -0.05) is 12.1 Å². The fourth-order valence-corrected chi connectivity index (χ4v) is 2.94. The highest BCUT2D eigenvalue weighted by atomic mass is 19.4. The maximum atomic E-state index is 13.9. The van der Waals surface area contributed by atoms with Crippen molar-refractivity contribution in [3.05, 3.63) is 95.6 Å². The Labute approximate surface area is 187 Å². The van der Waals surface area contributed by atoms with Gasteiger partial charge in [0.2, 0.25) is 0 Å². The molecule has 1 aromatic heterocycles. The average Bonchev–Trinajstić information content (AvgIpc) is 2.77. The van der Waals surface area contributed by atoms with Crippen LogP contribution in [0.25, 0.3) is 0 Å². The smallest absolute Gasteiger partial charge is 0.431 e. The molecule has 0 unspecified atom stereocenters. The minimum atomic E-state index is -6.12. The van der Waals surface area contributed by atoms with Crippen LogP contribution in [-0.2, 0) is 10.3 Å². The molecule has 3 aromatic rings. The first-order chi connectivity index (χ1) is 15.8. The number of amides is 1. The molecule has 34 heavy (non-hydrogen) atoms. The third-order valence-electron chi connectivity index (χ3n) is 4.60. The number of rotatable bonds is 5. The number of halogens is 7. The molecule has 0 atom stereocenters. The first kappa shape index (κ1) is 24.7. The summed E-state index contributed by atoms with van der Waals surface area (Å²) in [5.74, 6) is -3.54. The number of esters is 1. The van der Waals surface area contributed by atoms with E-state index in [0.717, 1.165) is 12.1 Å². The molecule has 0 saturated carbocycles. The molecule has 2 aromatic carbocycles. The number of hydrogen-bond donors (Lipinski definition) is 1. The van der Waals surface area contributed by atoms with E-state index in [9.17, 15) is 40.3 Å². The number of benzene rings is 2. The lowest BCUT2D eigenvalue weighted by Crippen LogP contribution is -2.56. The van der Waals surface area contributed by atoms with E-state index in [0.29, 0.717) is 36.4 Å². The highest BCUT2D eigenvalue weighted by Crippen LogP contribution is 2.53. The van der Waals surface area contributed by atoms with Crippen molar-refractivity contribution >= 4 is 17.6 Å². The minimum absolute atomic E-state index is 0.0970. The van der Waals surface area contributed by atoms with Gasteiger partial charge in [0, 0.05) is 23.6 Å². The Morgan fingerprint density at radius 1 is 0.794 bits per heavy atom. The van der Waals surface area contributed by atoms with Crippen molar-refractivity contribution in [1.29, 1.82) is 0 Å². The number of alkyl halides is 6.